The molecule has 0 saturated carbocycles. The van der Waals surface area contributed by atoms with Crippen molar-refractivity contribution in [1.82, 2.24) is 0 Å². The number of rotatable bonds is 7. The summed E-state index contributed by atoms with van der Waals surface area (Å²) < 4.78 is 0. The second-order valence-electron chi connectivity index (χ2n) is 3.99. The van der Waals surface area contributed by atoms with Gasteiger partial charge in [0, 0.05) is 6.54 Å². The number of hydroxylamine groups is 1. The molecule has 0 bridgehead atoms. The van der Waals surface area contributed by atoms with Crippen molar-refractivity contribution in [3.05, 3.63) is 42.5 Å². The summed E-state index contributed by atoms with van der Waals surface area (Å²) in [6.07, 6.45) is 6.12. The maximum absolute atomic E-state index is 9.78. The summed E-state index contributed by atoms with van der Waals surface area (Å²) >= 11 is 0. The Kier molecular flexibility index (Phi) is 5.65. The second kappa shape index (κ2) is 7.07. The lowest BCUT2D eigenvalue weighted by Gasteiger charge is -2.16. The standard InChI is InChI=1S/C14H21NO/c1-3-5-6-12-15(16)14-10-8-13(7-4-2)9-11-14/h4,8-11,16H,2-3,5-7,12H2,1H3. The van der Waals surface area contributed by atoms with E-state index >= 15 is 0 Å². The topological polar surface area (TPSA) is 23.5 Å². The van der Waals surface area contributed by atoms with E-state index in [0.717, 1.165) is 24.9 Å². The van der Waals surface area contributed by atoms with Crippen LogP contribution >= 0.6 is 0 Å². The fourth-order valence-corrected chi connectivity index (χ4v) is 1.61. The van der Waals surface area contributed by atoms with E-state index in [-0.39, 0.29) is 0 Å². The van der Waals surface area contributed by atoms with Crippen molar-refractivity contribution in [2.24, 2.45) is 0 Å². The molecule has 0 heterocycles. The zero-order valence-corrected chi connectivity index (χ0v) is 10.0. The van der Waals surface area contributed by atoms with Crippen molar-refractivity contribution >= 4 is 5.69 Å². The van der Waals surface area contributed by atoms with Crippen molar-refractivity contribution in [1.29, 1.82) is 0 Å². The summed E-state index contributed by atoms with van der Waals surface area (Å²) in [5.74, 6) is 0. The van der Waals surface area contributed by atoms with E-state index in [4.69, 9.17) is 0 Å². The molecule has 0 aliphatic heterocycles. The van der Waals surface area contributed by atoms with Gasteiger partial charge in [-0.2, -0.15) is 0 Å². The molecule has 88 valence electrons. The molecule has 1 aromatic carbocycles. The first-order valence-electron chi connectivity index (χ1n) is 5.94. The quantitative estimate of drug-likeness (QED) is 0.428. The summed E-state index contributed by atoms with van der Waals surface area (Å²) in [5, 5.41) is 11.1. The van der Waals surface area contributed by atoms with Crippen molar-refractivity contribution in [3.8, 4) is 0 Å². The molecule has 0 radical (unpaired) electrons. The minimum Gasteiger partial charge on any atom is -0.288 e. The van der Waals surface area contributed by atoms with Gasteiger partial charge in [0.1, 0.15) is 0 Å². The molecule has 0 atom stereocenters. The van der Waals surface area contributed by atoms with Crippen LogP contribution in [0.3, 0.4) is 0 Å². The van der Waals surface area contributed by atoms with E-state index in [1.54, 1.807) is 0 Å². The molecular weight excluding hydrogens is 198 g/mol. The smallest absolute Gasteiger partial charge is 0.0634 e. The highest BCUT2D eigenvalue weighted by atomic mass is 16.5. The van der Waals surface area contributed by atoms with E-state index in [9.17, 15) is 5.21 Å². The number of benzene rings is 1. The molecule has 16 heavy (non-hydrogen) atoms. The molecule has 0 amide bonds. The normalized spacial score (nSPS) is 10.1. The van der Waals surface area contributed by atoms with Crippen LogP contribution in [0.5, 0.6) is 0 Å². The van der Waals surface area contributed by atoms with Gasteiger partial charge >= 0.3 is 0 Å². The lowest BCUT2D eigenvalue weighted by atomic mass is 10.1. The van der Waals surface area contributed by atoms with Crippen LogP contribution in [0.25, 0.3) is 0 Å². The van der Waals surface area contributed by atoms with Crippen LogP contribution in [0.15, 0.2) is 36.9 Å². The molecule has 0 unspecified atom stereocenters. The van der Waals surface area contributed by atoms with Gasteiger partial charge in [0.25, 0.3) is 0 Å². The largest absolute Gasteiger partial charge is 0.288 e. The average molecular weight is 219 g/mol. The van der Waals surface area contributed by atoms with Gasteiger partial charge in [-0.25, -0.2) is 0 Å². The highest BCUT2D eigenvalue weighted by Crippen LogP contribution is 2.14. The average Bonchev–Trinajstić information content (AvgIpc) is 2.30. The van der Waals surface area contributed by atoms with E-state index < -0.39 is 0 Å². The van der Waals surface area contributed by atoms with Crippen LogP contribution in [-0.2, 0) is 6.42 Å². The number of allylic oxidation sites excluding steroid dienone is 1. The molecule has 0 aromatic heterocycles. The van der Waals surface area contributed by atoms with Crippen LogP contribution < -0.4 is 5.06 Å². The third kappa shape index (κ3) is 4.07. The highest BCUT2D eigenvalue weighted by molar-refractivity contribution is 5.45. The summed E-state index contributed by atoms with van der Waals surface area (Å²) in [5.41, 5.74) is 2.09. The van der Waals surface area contributed by atoms with Gasteiger partial charge in [0.05, 0.1) is 5.69 Å². The maximum atomic E-state index is 9.78. The Bertz CT molecular complexity index is 305. The van der Waals surface area contributed by atoms with Gasteiger partial charge in [-0.3, -0.25) is 10.3 Å². The van der Waals surface area contributed by atoms with Crippen molar-refractivity contribution in [3.63, 3.8) is 0 Å². The Morgan fingerprint density at radius 2 is 1.94 bits per heavy atom. The number of hydrogen-bond donors (Lipinski definition) is 1. The molecule has 2 heteroatoms. The molecule has 0 saturated heterocycles. The lowest BCUT2D eigenvalue weighted by molar-refractivity contribution is 0.251. The van der Waals surface area contributed by atoms with Crippen LogP contribution in [-0.4, -0.2) is 11.8 Å². The summed E-state index contributed by atoms with van der Waals surface area (Å²) in [7, 11) is 0. The molecular formula is C14H21NO. The van der Waals surface area contributed by atoms with Crippen LogP contribution in [0.1, 0.15) is 31.7 Å². The first-order chi connectivity index (χ1) is 7.77. The van der Waals surface area contributed by atoms with Crippen LogP contribution in [0.4, 0.5) is 5.69 Å². The van der Waals surface area contributed by atoms with E-state index in [1.807, 2.05) is 30.3 Å². The summed E-state index contributed by atoms with van der Waals surface area (Å²) in [6.45, 7) is 6.57. The van der Waals surface area contributed by atoms with Crippen LogP contribution in [0, 0.1) is 0 Å². The molecule has 2 nitrogen and oxygen atoms in total. The number of hydrogen-bond acceptors (Lipinski definition) is 2. The zero-order valence-electron chi connectivity index (χ0n) is 10.0. The maximum Gasteiger partial charge on any atom is 0.0634 e. The fourth-order valence-electron chi connectivity index (χ4n) is 1.61. The monoisotopic (exact) mass is 219 g/mol. The predicted molar refractivity (Wildman–Crippen MR) is 69.0 cm³/mol. The molecule has 1 N–H and O–H groups in total. The van der Waals surface area contributed by atoms with Gasteiger partial charge in [-0.15, -0.1) is 6.58 Å². The minimum atomic E-state index is 0.703. The number of nitrogens with zero attached hydrogens (tertiary/aromatic N) is 1. The Labute approximate surface area is 98.2 Å². The summed E-state index contributed by atoms with van der Waals surface area (Å²) in [6, 6.07) is 7.95. The molecule has 0 aliphatic rings. The fraction of sp³-hybridized carbons (Fsp3) is 0.429. The number of anilines is 1. The van der Waals surface area contributed by atoms with E-state index in [0.29, 0.717) is 6.54 Å². The molecule has 1 aromatic rings. The Morgan fingerprint density at radius 3 is 2.50 bits per heavy atom. The Balaban J connectivity index is 2.48. The third-order valence-corrected chi connectivity index (χ3v) is 2.59. The number of unbranched alkanes of at least 4 members (excludes halogenated alkanes) is 2. The Hall–Kier alpha value is -1.28. The van der Waals surface area contributed by atoms with E-state index in [1.165, 1.54) is 17.0 Å². The highest BCUT2D eigenvalue weighted by Gasteiger charge is 2.01. The molecule has 0 spiro atoms. The molecule has 0 aliphatic carbocycles. The Morgan fingerprint density at radius 1 is 1.25 bits per heavy atom. The van der Waals surface area contributed by atoms with Gasteiger partial charge in [-0.1, -0.05) is 38.0 Å². The van der Waals surface area contributed by atoms with Crippen LogP contribution in [0.2, 0.25) is 0 Å². The first kappa shape index (κ1) is 12.8. The van der Waals surface area contributed by atoms with Crippen molar-refractivity contribution in [2.75, 3.05) is 11.6 Å². The van der Waals surface area contributed by atoms with Gasteiger partial charge in [0.15, 0.2) is 0 Å². The second-order valence-corrected chi connectivity index (χ2v) is 3.99. The zero-order chi connectivity index (χ0) is 11.8. The summed E-state index contributed by atoms with van der Waals surface area (Å²) in [4.78, 5) is 0. The third-order valence-electron chi connectivity index (χ3n) is 2.59. The minimum absolute atomic E-state index is 0.703. The predicted octanol–water partition coefficient (Wildman–Crippen LogP) is 3.80. The van der Waals surface area contributed by atoms with Crippen molar-refractivity contribution in [2.45, 2.75) is 32.6 Å². The SMILES string of the molecule is C=CCc1ccc(N(O)CCCCC)cc1. The van der Waals surface area contributed by atoms with Gasteiger partial charge in [-0.05, 0) is 30.5 Å². The van der Waals surface area contributed by atoms with Crippen molar-refractivity contribution < 1.29 is 5.21 Å². The molecule has 1 rings (SSSR count). The van der Waals surface area contributed by atoms with E-state index in [2.05, 4.69) is 13.5 Å². The molecule has 0 fully saturated rings. The van der Waals surface area contributed by atoms with Gasteiger partial charge < -0.3 is 0 Å². The van der Waals surface area contributed by atoms with Gasteiger partial charge in [0.2, 0.25) is 0 Å². The first-order valence-corrected chi connectivity index (χ1v) is 5.94. The lowest BCUT2D eigenvalue weighted by Crippen LogP contribution is -2.19.